The van der Waals surface area contributed by atoms with Crippen molar-refractivity contribution in [3.8, 4) is 10.8 Å². The molecule has 0 unspecified atom stereocenters. The second-order valence-electron chi connectivity index (χ2n) is 5.18. The van der Waals surface area contributed by atoms with E-state index in [9.17, 15) is 9.59 Å². The number of carbonyl (C=O) groups is 2. The Morgan fingerprint density at radius 2 is 2.14 bits per heavy atom. The zero-order valence-corrected chi connectivity index (χ0v) is 13.5. The topological polar surface area (TPSA) is 83.6 Å². The van der Waals surface area contributed by atoms with E-state index in [4.69, 9.17) is 9.52 Å². The van der Waals surface area contributed by atoms with Crippen LogP contribution in [0.1, 0.15) is 36.5 Å². The number of thiazole rings is 1. The average Bonchev–Trinajstić information content (AvgIpc) is 3.06. The van der Waals surface area contributed by atoms with Gasteiger partial charge in [-0.1, -0.05) is 0 Å². The lowest BCUT2D eigenvalue weighted by molar-refractivity contribution is -0.137. The van der Waals surface area contributed by atoms with Crippen molar-refractivity contribution in [2.24, 2.45) is 0 Å². The van der Waals surface area contributed by atoms with Gasteiger partial charge in [0.2, 0.25) is 0 Å². The van der Waals surface area contributed by atoms with E-state index < -0.39 is 5.97 Å². The lowest BCUT2D eigenvalue weighted by Gasteiger charge is -2.25. The maximum absolute atomic E-state index is 12.5. The van der Waals surface area contributed by atoms with Crippen molar-refractivity contribution >= 4 is 23.2 Å². The molecule has 0 fully saturated rings. The van der Waals surface area contributed by atoms with Gasteiger partial charge in [0.25, 0.3) is 5.91 Å². The Hall–Kier alpha value is -2.15. The summed E-state index contributed by atoms with van der Waals surface area (Å²) in [6, 6.07) is 3.56. The van der Waals surface area contributed by atoms with Gasteiger partial charge in [-0.3, -0.25) is 9.59 Å². The van der Waals surface area contributed by atoms with E-state index in [1.807, 2.05) is 32.9 Å². The van der Waals surface area contributed by atoms with Gasteiger partial charge in [-0.05, 0) is 32.9 Å². The van der Waals surface area contributed by atoms with E-state index in [1.165, 1.54) is 16.2 Å². The SMILES string of the molecule is Cc1ccc(-c2nc(C(=O)N(CCC(=O)O)C(C)C)cs2)o1. The van der Waals surface area contributed by atoms with Gasteiger partial charge in [0.1, 0.15) is 11.5 Å². The fourth-order valence-electron chi connectivity index (χ4n) is 1.99. The number of aryl methyl sites for hydroxylation is 1. The molecule has 118 valence electrons. The molecule has 0 spiro atoms. The van der Waals surface area contributed by atoms with Gasteiger partial charge in [-0.15, -0.1) is 11.3 Å². The fraction of sp³-hybridized carbons (Fsp3) is 0.400. The summed E-state index contributed by atoms with van der Waals surface area (Å²) in [5.41, 5.74) is 0.313. The quantitative estimate of drug-likeness (QED) is 0.883. The van der Waals surface area contributed by atoms with E-state index in [0.29, 0.717) is 16.5 Å². The first-order valence-electron chi connectivity index (χ1n) is 6.93. The van der Waals surface area contributed by atoms with Crippen LogP contribution in [0.2, 0.25) is 0 Å². The highest BCUT2D eigenvalue weighted by Crippen LogP contribution is 2.26. The number of hydrogen-bond acceptors (Lipinski definition) is 5. The third-order valence-electron chi connectivity index (χ3n) is 3.13. The van der Waals surface area contributed by atoms with Crippen LogP contribution in [0.15, 0.2) is 21.9 Å². The van der Waals surface area contributed by atoms with Crippen LogP contribution in [0.3, 0.4) is 0 Å². The molecule has 2 aromatic rings. The van der Waals surface area contributed by atoms with E-state index in [1.54, 1.807) is 5.38 Å². The first kappa shape index (κ1) is 16.2. The molecule has 0 atom stereocenters. The van der Waals surface area contributed by atoms with Crippen molar-refractivity contribution < 1.29 is 19.1 Å². The predicted octanol–water partition coefficient (Wildman–Crippen LogP) is 3.04. The minimum Gasteiger partial charge on any atom is -0.481 e. The molecule has 0 radical (unpaired) electrons. The zero-order valence-electron chi connectivity index (χ0n) is 12.7. The fourth-order valence-corrected chi connectivity index (χ4v) is 2.75. The Balaban J connectivity index is 2.17. The number of amides is 1. The highest BCUT2D eigenvalue weighted by Gasteiger charge is 2.22. The first-order chi connectivity index (χ1) is 10.4. The Labute approximate surface area is 132 Å². The molecule has 1 N–H and O–H groups in total. The Morgan fingerprint density at radius 3 is 2.68 bits per heavy atom. The molecule has 2 heterocycles. The zero-order chi connectivity index (χ0) is 16.3. The lowest BCUT2D eigenvalue weighted by Crippen LogP contribution is -2.38. The second kappa shape index (κ2) is 6.74. The second-order valence-corrected chi connectivity index (χ2v) is 6.04. The Bertz CT molecular complexity index is 675. The van der Waals surface area contributed by atoms with E-state index >= 15 is 0 Å². The highest BCUT2D eigenvalue weighted by atomic mass is 32.1. The molecule has 0 aliphatic heterocycles. The number of carboxylic acid groups (broad SMARTS) is 1. The van der Waals surface area contributed by atoms with Gasteiger partial charge in [-0.2, -0.15) is 0 Å². The summed E-state index contributed by atoms with van der Waals surface area (Å²) in [5, 5.41) is 11.1. The van der Waals surface area contributed by atoms with Crippen molar-refractivity contribution in [2.75, 3.05) is 6.54 Å². The number of aliphatic carboxylic acids is 1. The molecular formula is C15H18N2O4S. The van der Waals surface area contributed by atoms with E-state index in [2.05, 4.69) is 4.98 Å². The van der Waals surface area contributed by atoms with Crippen molar-refractivity contribution in [3.63, 3.8) is 0 Å². The van der Waals surface area contributed by atoms with Gasteiger partial charge < -0.3 is 14.4 Å². The standard InChI is InChI=1S/C15H18N2O4S/c1-9(2)17(7-6-13(18)19)15(20)11-8-22-14(16-11)12-5-4-10(3)21-12/h4-5,8-9H,6-7H2,1-3H3,(H,18,19). The first-order valence-corrected chi connectivity index (χ1v) is 7.81. The molecule has 0 saturated carbocycles. The van der Waals surface area contributed by atoms with Gasteiger partial charge in [0, 0.05) is 18.0 Å². The molecule has 1 amide bonds. The molecule has 2 rings (SSSR count). The molecule has 7 heteroatoms. The summed E-state index contributed by atoms with van der Waals surface area (Å²) in [5.74, 6) is 0.219. The van der Waals surface area contributed by atoms with Crippen LogP contribution in [-0.4, -0.2) is 39.5 Å². The Morgan fingerprint density at radius 1 is 1.41 bits per heavy atom. The van der Waals surface area contributed by atoms with Gasteiger partial charge in [0.05, 0.1) is 6.42 Å². The van der Waals surface area contributed by atoms with Crippen molar-refractivity contribution in [1.82, 2.24) is 9.88 Å². The average molecular weight is 322 g/mol. The lowest BCUT2D eigenvalue weighted by atomic mass is 10.2. The van der Waals surface area contributed by atoms with Crippen molar-refractivity contribution in [2.45, 2.75) is 33.2 Å². The number of carbonyl (C=O) groups excluding carboxylic acids is 1. The van der Waals surface area contributed by atoms with Crippen molar-refractivity contribution in [3.05, 3.63) is 29.0 Å². The van der Waals surface area contributed by atoms with E-state index in [0.717, 1.165) is 5.76 Å². The molecule has 0 aliphatic carbocycles. The van der Waals surface area contributed by atoms with Crippen LogP contribution < -0.4 is 0 Å². The molecule has 0 aliphatic rings. The smallest absolute Gasteiger partial charge is 0.305 e. The maximum Gasteiger partial charge on any atom is 0.305 e. The number of aromatic nitrogens is 1. The van der Waals surface area contributed by atoms with Crippen LogP contribution in [-0.2, 0) is 4.79 Å². The van der Waals surface area contributed by atoms with Crippen LogP contribution in [0.4, 0.5) is 0 Å². The van der Waals surface area contributed by atoms with Gasteiger partial charge >= 0.3 is 5.97 Å². The van der Waals surface area contributed by atoms with Crippen LogP contribution in [0.5, 0.6) is 0 Å². The summed E-state index contributed by atoms with van der Waals surface area (Å²) in [4.78, 5) is 29.0. The summed E-state index contributed by atoms with van der Waals surface area (Å²) >= 11 is 1.33. The molecule has 22 heavy (non-hydrogen) atoms. The molecular weight excluding hydrogens is 304 g/mol. The predicted molar refractivity (Wildman–Crippen MR) is 83.0 cm³/mol. The highest BCUT2D eigenvalue weighted by molar-refractivity contribution is 7.13. The van der Waals surface area contributed by atoms with E-state index in [-0.39, 0.29) is 24.9 Å². The number of furan rings is 1. The number of hydrogen-bond donors (Lipinski definition) is 1. The third kappa shape index (κ3) is 3.73. The third-order valence-corrected chi connectivity index (χ3v) is 3.98. The molecule has 0 aromatic carbocycles. The summed E-state index contributed by atoms with van der Waals surface area (Å²) < 4.78 is 5.49. The van der Waals surface area contributed by atoms with Gasteiger partial charge in [-0.25, -0.2) is 4.98 Å². The van der Waals surface area contributed by atoms with Crippen LogP contribution >= 0.6 is 11.3 Å². The molecule has 0 bridgehead atoms. The molecule has 0 saturated heterocycles. The van der Waals surface area contributed by atoms with Gasteiger partial charge in [0.15, 0.2) is 10.8 Å². The monoisotopic (exact) mass is 322 g/mol. The largest absolute Gasteiger partial charge is 0.481 e. The molecule has 2 aromatic heterocycles. The number of carboxylic acids is 1. The number of rotatable bonds is 6. The van der Waals surface area contributed by atoms with Crippen molar-refractivity contribution in [1.29, 1.82) is 0 Å². The Kier molecular flexibility index (Phi) is 4.97. The summed E-state index contributed by atoms with van der Waals surface area (Å²) in [7, 11) is 0. The minimum atomic E-state index is -0.927. The summed E-state index contributed by atoms with van der Waals surface area (Å²) in [6.45, 7) is 5.71. The molecule has 6 nitrogen and oxygen atoms in total. The maximum atomic E-state index is 12.5. The number of nitrogens with zero attached hydrogens (tertiary/aromatic N) is 2. The minimum absolute atomic E-state index is 0.0850. The van der Waals surface area contributed by atoms with Crippen LogP contribution in [0, 0.1) is 6.92 Å². The summed E-state index contributed by atoms with van der Waals surface area (Å²) in [6.07, 6.45) is -0.0850. The van der Waals surface area contributed by atoms with Crippen LogP contribution in [0.25, 0.3) is 10.8 Å². The normalized spacial score (nSPS) is 10.9.